The molecule has 2 fully saturated rings. The molecule has 0 saturated carbocycles. The Labute approximate surface area is 156 Å². The van der Waals surface area contributed by atoms with Crippen molar-refractivity contribution in [3.05, 3.63) is 35.4 Å². The molecule has 5 heteroatoms. The Morgan fingerprint density at radius 3 is 2.50 bits per heavy atom. The zero-order valence-corrected chi connectivity index (χ0v) is 15.6. The van der Waals surface area contributed by atoms with Gasteiger partial charge < -0.3 is 10.0 Å². The van der Waals surface area contributed by atoms with E-state index in [0.29, 0.717) is 19.1 Å². The zero-order chi connectivity index (χ0) is 17.9. The van der Waals surface area contributed by atoms with E-state index in [4.69, 9.17) is 0 Å². The summed E-state index contributed by atoms with van der Waals surface area (Å²) in [6.07, 6.45) is 4.95. The van der Waals surface area contributed by atoms with Crippen molar-refractivity contribution in [2.24, 2.45) is 0 Å². The molecule has 0 radical (unpaired) electrons. The van der Waals surface area contributed by atoms with Crippen molar-refractivity contribution in [3.63, 3.8) is 0 Å². The van der Waals surface area contributed by atoms with Gasteiger partial charge in [0.25, 0.3) is 0 Å². The van der Waals surface area contributed by atoms with Gasteiger partial charge in [-0.2, -0.15) is 0 Å². The molecule has 1 aromatic carbocycles. The number of rotatable bonds is 3. The number of piperidine rings is 1. The smallest absolute Gasteiger partial charge is 0.236 e. The number of β-amino-alcohol motifs (C(OH)–C–C–N with tert-alkyl or cyclic N) is 1. The van der Waals surface area contributed by atoms with E-state index in [0.717, 1.165) is 64.8 Å². The number of nitrogens with zero attached hydrogens (tertiary/aromatic N) is 3. The normalized spacial score (nSPS) is 25.9. The number of benzene rings is 1. The second-order valence-electron chi connectivity index (χ2n) is 8.13. The van der Waals surface area contributed by atoms with E-state index in [9.17, 15) is 9.90 Å². The summed E-state index contributed by atoms with van der Waals surface area (Å²) in [6, 6.07) is 9.40. The molecule has 3 aliphatic rings. The molecule has 2 aliphatic heterocycles. The molecule has 1 atom stereocenters. The van der Waals surface area contributed by atoms with Crippen molar-refractivity contribution in [2.45, 2.75) is 44.2 Å². The third-order valence-corrected chi connectivity index (χ3v) is 6.27. The van der Waals surface area contributed by atoms with Crippen molar-refractivity contribution < 1.29 is 9.90 Å². The summed E-state index contributed by atoms with van der Waals surface area (Å²) in [7, 11) is 0. The molecule has 2 heterocycles. The lowest BCUT2D eigenvalue weighted by Crippen LogP contribution is -2.46. The number of likely N-dealkylation sites (tertiary alicyclic amines) is 1. The van der Waals surface area contributed by atoms with E-state index in [1.807, 2.05) is 4.90 Å². The first-order chi connectivity index (χ1) is 12.7. The van der Waals surface area contributed by atoms with Crippen molar-refractivity contribution in [2.75, 3.05) is 45.8 Å². The quantitative estimate of drug-likeness (QED) is 0.881. The van der Waals surface area contributed by atoms with E-state index < -0.39 is 0 Å². The van der Waals surface area contributed by atoms with Crippen LogP contribution in [0.2, 0.25) is 0 Å². The number of carbonyl (C=O) groups excluding carboxylic acids is 1. The van der Waals surface area contributed by atoms with Crippen LogP contribution in [-0.2, 0) is 17.6 Å². The highest BCUT2D eigenvalue weighted by molar-refractivity contribution is 5.78. The van der Waals surface area contributed by atoms with E-state index in [-0.39, 0.29) is 12.0 Å². The summed E-state index contributed by atoms with van der Waals surface area (Å²) in [5, 5.41) is 9.80. The Bertz CT molecular complexity index is 610. The van der Waals surface area contributed by atoms with Gasteiger partial charge in [-0.3, -0.25) is 14.6 Å². The topological polar surface area (TPSA) is 47.0 Å². The molecule has 2 saturated heterocycles. The molecule has 0 unspecified atom stereocenters. The van der Waals surface area contributed by atoms with Gasteiger partial charge in [0, 0.05) is 38.8 Å². The van der Waals surface area contributed by atoms with Crippen LogP contribution in [0.15, 0.2) is 24.3 Å². The maximum absolute atomic E-state index is 12.7. The third-order valence-electron chi connectivity index (χ3n) is 6.27. The fraction of sp³-hybridized carbons (Fsp3) is 0.667. The molecule has 0 bridgehead atoms. The van der Waals surface area contributed by atoms with Crippen LogP contribution >= 0.6 is 0 Å². The lowest BCUT2D eigenvalue weighted by Gasteiger charge is -2.31. The highest BCUT2D eigenvalue weighted by Crippen LogP contribution is 2.26. The van der Waals surface area contributed by atoms with Crippen LogP contribution in [0, 0.1) is 0 Å². The number of aliphatic hydroxyl groups excluding tert-OH is 1. The van der Waals surface area contributed by atoms with Crippen molar-refractivity contribution in [3.8, 4) is 0 Å². The average molecular weight is 357 g/mol. The van der Waals surface area contributed by atoms with Crippen LogP contribution in [0.1, 0.15) is 30.4 Å². The predicted molar refractivity (Wildman–Crippen MR) is 102 cm³/mol. The average Bonchev–Trinajstić information content (AvgIpc) is 2.90. The summed E-state index contributed by atoms with van der Waals surface area (Å²) in [5.41, 5.74) is 3.00. The minimum absolute atomic E-state index is 0.232. The fourth-order valence-electron chi connectivity index (χ4n) is 4.81. The fourth-order valence-corrected chi connectivity index (χ4v) is 4.81. The molecule has 0 spiro atoms. The van der Waals surface area contributed by atoms with Gasteiger partial charge in [-0.25, -0.2) is 0 Å². The second kappa shape index (κ2) is 8.07. The Balaban J connectivity index is 1.29. The first kappa shape index (κ1) is 18.0. The standard InChI is InChI=1S/C21H31N3O2/c25-20-7-3-8-22(15-20)16-21(26)24-10-4-9-23(11-12-24)19-13-17-5-1-2-6-18(17)14-19/h1-2,5-6,19-20,25H,3-4,7-16H2/t20-/m0/s1. The number of amides is 1. The minimum Gasteiger partial charge on any atom is -0.392 e. The van der Waals surface area contributed by atoms with Crippen LogP contribution in [-0.4, -0.2) is 83.7 Å². The van der Waals surface area contributed by atoms with Gasteiger partial charge in [-0.1, -0.05) is 24.3 Å². The lowest BCUT2D eigenvalue weighted by molar-refractivity contribution is -0.133. The zero-order valence-electron chi connectivity index (χ0n) is 15.6. The second-order valence-corrected chi connectivity index (χ2v) is 8.13. The number of hydrogen-bond donors (Lipinski definition) is 1. The highest BCUT2D eigenvalue weighted by atomic mass is 16.3. The molecule has 142 valence electrons. The lowest BCUT2D eigenvalue weighted by atomic mass is 10.1. The van der Waals surface area contributed by atoms with Crippen molar-refractivity contribution in [1.82, 2.24) is 14.7 Å². The number of hydrogen-bond acceptors (Lipinski definition) is 4. The van der Waals surface area contributed by atoms with E-state index in [2.05, 4.69) is 34.1 Å². The van der Waals surface area contributed by atoms with Gasteiger partial charge in [0.1, 0.15) is 0 Å². The molecule has 1 N–H and O–H groups in total. The van der Waals surface area contributed by atoms with Gasteiger partial charge in [-0.05, 0) is 49.8 Å². The number of carbonyl (C=O) groups is 1. The number of aliphatic hydroxyl groups is 1. The maximum Gasteiger partial charge on any atom is 0.236 e. The minimum atomic E-state index is -0.264. The highest BCUT2D eigenvalue weighted by Gasteiger charge is 2.29. The van der Waals surface area contributed by atoms with Gasteiger partial charge in [0.05, 0.1) is 12.6 Å². The maximum atomic E-state index is 12.7. The Morgan fingerprint density at radius 2 is 1.77 bits per heavy atom. The number of fused-ring (bicyclic) bond motifs is 1. The summed E-state index contributed by atoms with van der Waals surface area (Å²) in [5.74, 6) is 0.232. The van der Waals surface area contributed by atoms with Crippen molar-refractivity contribution in [1.29, 1.82) is 0 Å². The molecular formula is C21H31N3O2. The van der Waals surface area contributed by atoms with Crippen LogP contribution < -0.4 is 0 Å². The molecule has 26 heavy (non-hydrogen) atoms. The van der Waals surface area contributed by atoms with E-state index in [1.165, 1.54) is 11.1 Å². The summed E-state index contributed by atoms with van der Waals surface area (Å²) in [4.78, 5) is 19.5. The van der Waals surface area contributed by atoms with Crippen LogP contribution in [0.3, 0.4) is 0 Å². The molecule has 5 nitrogen and oxygen atoms in total. The van der Waals surface area contributed by atoms with Gasteiger partial charge in [-0.15, -0.1) is 0 Å². The molecule has 1 amide bonds. The predicted octanol–water partition coefficient (Wildman–Crippen LogP) is 1.14. The summed E-state index contributed by atoms with van der Waals surface area (Å²) >= 11 is 0. The van der Waals surface area contributed by atoms with Crippen LogP contribution in [0.5, 0.6) is 0 Å². The molecule has 0 aromatic heterocycles. The summed E-state index contributed by atoms with van der Waals surface area (Å²) in [6.45, 7) is 5.81. The SMILES string of the molecule is O=C(CN1CCC[C@H](O)C1)N1CCCN(C2Cc3ccccc3C2)CC1. The van der Waals surface area contributed by atoms with E-state index >= 15 is 0 Å². The Kier molecular flexibility index (Phi) is 5.57. The van der Waals surface area contributed by atoms with Gasteiger partial charge in [0.15, 0.2) is 0 Å². The van der Waals surface area contributed by atoms with Crippen LogP contribution in [0.4, 0.5) is 0 Å². The van der Waals surface area contributed by atoms with Gasteiger partial charge >= 0.3 is 0 Å². The first-order valence-corrected chi connectivity index (χ1v) is 10.2. The van der Waals surface area contributed by atoms with Crippen molar-refractivity contribution >= 4 is 5.91 Å². The summed E-state index contributed by atoms with van der Waals surface area (Å²) < 4.78 is 0. The molecular weight excluding hydrogens is 326 g/mol. The third kappa shape index (κ3) is 4.11. The molecule has 1 aromatic rings. The largest absolute Gasteiger partial charge is 0.392 e. The van der Waals surface area contributed by atoms with Crippen LogP contribution in [0.25, 0.3) is 0 Å². The monoisotopic (exact) mass is 357 g/mol. The molecule has 4 rings (SSSR count). The first-order valence-electron chi connectivity index (χ1n) is 10.2. The van der Waals surface area contributed by atoms with E-state index in [1.54, 1.807) is 0 Å². The Morgan fingerprint density at radius 1 is 1.00 bits per heavy atom. The van der Waals surface area contributed by atoms with Gasteiger partial charge in [0.2, 0.25) is 5.91 Å². The Hall–Kier alpha value is -1.43. The molecule has 1 aliphatic carbocycles.